The lowest BCUT2D eigenvalue weighted by atomic mass is 9.94. The summed E-state index contributed by atoms with van der Waals surface area (Å²) in [5.74, 6) is 0. The van der Waals surface area contributed by atoms with Crippen molar-refractivity contribution in [2.24, 2.45) is 0 Å². The Balaban J connectivity index is 1.89. The molecule has 0 unspecified atom stereocenters. The van der Waals surface area contributed by atoms with Gasteiger partial charge in [-0.15, -0.1) is 0 Å². The number of hydrogen-bond donors (Lipinski definition) is 1. The van der Waals surface area contributed by atoms with Crippen molar-refractivity contribution in [1.29, 1.82) is 5.41 Å². The minimum Gasteiger partial charge on any atom is -0.455 e. The fourth-order valence-electron chi connectivity index (χ4n) is 2.72. The smallest absolute Gasteiger partial charge is 0.285 e. The zero-order valence-electron chi connectivity index (χ0n) is 9.23. The Morgan fingerprint density at radius 1 is 1.19 bits per heavy atom. The minimum atomic E-state index is 0.0639. The predicted octanol–water partition coefficient (Wildman–Crippen LogP) is 2.55. The summed E-state index contributed by atoms with van der Waals surface area (Å²) < 4.78 is 5.70. The quantitative estimate of drug-likeness (QED) is 0.783. The molecule has 0 saturated carbocycles. The molecule has 2 atom stereocenters. The van der Waals surface area contributed by atoms with E-state index in [0.717, 1.165) is 13.0 Å². The number of amidine groups is 1. The molecule has 2 aliphatic heterocycles. The molecule has 0 amide bonds. The predicted molar refractivity (Wildman–Crippen MR) is 62.3 cm³/mol. The zero-order valence-corrected chi connectivity index (χ0v) is 9.23. The number of benzene rings is 1. The van der Waals surface area contributed by atoms with Crippen LogP contribution in [0.25, 0.3) is 0 Å². The van der Waals surface area contributed by atoms with Gasteiger partial charge >= 0.3 is 0 Å². The van der Waals surface area contributed by atoms with Gasteiger partial charge in [-0.1, -0.05) is 30.3 Å². The fraction of sp³-hybridized carbons (Fsp3) is 0.462. The van der Waals surface area contributed by atoms with E-state index in [9.17, 15) is 0 Å². The SMILES string of the molecule is N=C1O[C@@H](c2ccccc2)[C@H]2CCCCN12. The second kappa shape index (κ2) is 3.81. The monoisotopic (exact) mass is 216 g/mol. The number of fused-ring (bicyclic) bond motifs is 1. The van der Waals surface area contributed by atoms with E-state index >= 15 is 0 Å². The standard InChI is InChI=1S/C13H16N2O/c14-13-15-9-5-4-8-11(15)12(16-13)10-6-2-1-3-7-10/h1-3,6-7,11-12,14H,4-5,8-9H2/t11-,12+/m1/s1. The second-order valence-corrected chi connectivity index (χ2v) is 4.51. The van der Waals surface area contributed by atoms with Crippen LogP contribution in [0, 0.1) is 5.41 Å². The lowest BCUT2D eigenvalue weighted by Gasteiger charge is -2.29. The van der Waals surface area contributed by atoms with Crippen LogP contribution in [0.15, 0.2) is 30.3 Å². The van der Waals surface area contributed by atoms with Crippen LogP contribution in [0.4, 0.5) is 0 Å². The second-order valence-electron chi connectivity index (χ2n) is 4.51. The molecule has 3 heteroatoms. The van der Waals surface area contributed by atoms with Crippen LogP contribution in [-0.4, -0.2) is 23.5 Å². The van der Waals surface area contributed by atoms with Crippen molar-refractivity contribution in [3.05, 3.63) is 35.9 Å². The zero-order chi connectivity index (χ0) is 11.0. The van der Waals surface area contributed by atoms with E-state index in [1.807, 2.05) is 18.2 Å². The molecule has 0 aromatic heterocycles. The number of nitrogens with one attached hydrogen (secondary N) is 1. The molecule has 1 N–H and O–H groups in total. The van der Waals surface area contributed by atoms with E-state index in [2.05, 4.69) is 17.0 Å². The Morgan fingerprint density at radius 3 is 2.81 bits per heavy atom. The summed E-state index contributed by atoms with van der Waals surface area (Å²) in [6, 6.07) is 11.0. The number of piperidine rings is 1. The van der Waals surface area contributed by atoms with Crippen molar-refractivity contribution >= 4 is 6.02 Å². The molecule has 2 aliphatic rings. The Kier molecular flexibility index (Phi) is 2.31. The highest BCUT2D eigenvalue weighted by Crippen LogP contribution is 2.37. The number of ether oxygens (including phenoxy) is 1. The summed E-state index contributed by atoms with van der Waals surface area (Å²) in [5, 5.41) is 7.86. The van der Waals surface area contributed by atoms with Crippen molar-refractivity contribution in [2.45, 2.75) is 31.4 Å². The van der Waals surface area contributed by atoms with Crippen LogP contribution in [0.1, 0.15) is 30.9 Å². The molecule has 3 rings (SSSR count). The molecule has 2 fully saturated rings. The number of nitrogens with zero attached hydrogens (tertiary/aromatic N) is 1. The first kappa shape index (κ1) is 9.70. The third-order valence-electron chi connectivity index (χ3n) is 3.53. The highest BCUT2D eigenvalue weighted by atomic mass is 16.5. The maximum absolute atomic E-state index is 7.86. The van der Waals surface area contributed by atoms with E-state index in [0.29, 0.717) is 12.1 Å². The fourth-order valence-corrected chi connectivity index (χ4v) is 2.72. The van der Waals surface area contributed by atoms with Crippen molar-refractivity contribution in [3.63, 3.8) is 0 Å². The average Bonchev–Trinajstić information content (AvgIpc) is 2.69. The lowest BCUT2D eigenvalue weighted by Crippen LogP contribution is -2.38. The van der Waals surface area contributed by atoms with Gasteiger partial charge in [0, 0.05) is 6.54 Å². The van der Waals surface area contributed by atoms with Crippen LogP contribution in [0.3, 0.4) is 0 Å². The summed E-state index contributed by atoms with van der Waals surface area (Å²) in [7, 11) is 0. The van der Waals surface area contributed by atoms with Crippen LogP contribution < -0.4 is 0 Å². The van der Waals surface area contributed by atoms with Crippen LogP contribution in [0.5, 0.6) is 0 Å². The first-order valence-corrected chi connectivity index (χ1v) is 5.93. The van der Waals surface area contributed by atoms with E-state index in [4.69, 9.17) is 10.1 Å². The molecule has 2 saturated heterocycles. The first-order valence-electron chi connectivity index (χ1n) is 5.93. The van der Waals surface area contributed by atoms with Crippen molar-refractivity contribution in [3.8, 4) is 0 Å². The Hall–Kier alpha value is -1.51. The van der Waals surface area contributed by atoms with Gasteiger partial charge in [0.1, 0.15) is 6.10 Å². The van der Waals surface area contributed by atoms with Gasteiger partial charge in [0.2, 0.25) is 0 Å². The van der Waals surface area contributed by atoms with Gasteiger partial charge in [0.25, 0.3) is 6.02 Å². The van der Waals surface area contributed by atoms with Gasteiger partial charge in [0.15, 0.2) is 0 Å². The molecule has 1 aromatic rings. The molecular weight excluding hydrogens is 200 g/mol. The third-order valence-corrected chi connectivity index (χ3v) is 3.53. The summed E-state index contributed by atoms with van der Waals surface area (Å²) in [6.07, 6.45) is 3.64. The van der Waals surface area contributed by atoms with Crippen molar-refractivity contribution in [2.75, 3.05) is 6.54 Å². The molecule has 3 nitrogen and oxygen atoms in total. The number of rotatable bonds is 1. The largest absolute Gasteiger partial charge is 0.455 e. The van der Waals surface area contributed by atoms with Gasteiger partial charge in [0.05, 0.1) is 6.04 Å². The van der Waals surface area contributed by atoms with E-state index in [-0.39, 0.29) is 6.10 Å². The Bertz CT molecular complexity index is 390. The highest BCUT2D eigenvalue weighted by Gasteiger charge is 2.41. The van der Waals surface area contributed by atoms with Crippen molar-refractivity contribution in [1.82, 2.24) is 4.90 Å². The van der Waals surface area contributed by atoms with Gasteiger partial charge in [-0.3, -0.25) is 5.41 Å². The van der Waals surface area contributed by atoms with E-state index in [1.165, 1.54) is 18.4 Å². The lowest BCUT2D eigenvalue weighted by molar-refractivity contribution is 0.167. The third kappa shape index (κ3) is 1.47. The average molecular weight is 216 g/mol. The molecular formula is C13H16N2O. The van der Waals surface area contributed by atoms with E-state index < -0.39 is 0 Å². The molecule has 16 heavy (non-hydrogen) atoms. The van der Waals surface area contributed by atoms with Crippen LogP contribution in [0.2, 0.25) is 0 Å². The molecule has 0 spiro atoms. The molecule has 1 aromatic carbocycles. The maximum Gasteiger partial charge on any atom is 0.285 e. The minimum absolute atomic E-state index is 0.0639. The maximum atomic E-state index is 7.86. The normalized spacial score (nSPS) is 28.8. The molecule has 0 bridgehead atoms. The highest BCUT2D eigenvalue weighted by molar-refractivity contribution is 5.73. The Morgan fingerprint density at radius 2 is 2.00 bits per heavy atom. The van der Waals surface area contributed by atoms with Gasteiger partial charge in [-0.05, 0) is 24.8 Å². The molecule has 0 aliphatic carbocycles. The van der Waals surface area contributed by atoms with E-state index in [1.54, 1.807) is 0 Å². The topological polar surface area (TPSA) is 36.3 Å². The van der Waals surface area contributed by atoms with Gasteiger partial charge < -0.3 is 9.64 Å². The van der Waals surface area contributed by atoms with Crippen molar-refractivity contribution < 1.29 is 4.74 Å². The summed E-state index contributed by atoms with van der Waals surface area (Å²) in [5.41, 5.74) is 1.20. The number of hydrogen-bond acceptors (Lipinski definition) is 2. The van der Waals surface area contributed by atoms with Crippen LogP contribution >= 0.6 is 0 Å². The van der Waals surface area contributed by atoms with Crippen LogP contribution in [-0.2, 0) is 4.74 Å². The first-order chi connectivity index (χ1) is 7.86. The van der Waals surface area contributed by atoms with Gasteiger partial charge in [-0.25, -0.2) is 0 Å². The molecule has 0 radical (unpaired) electrons. The summed E-state index contributed by atoms with van der Waals surface area (Å²) >= 11 is 0. The summed E-state index contributed by atoms with van der Waals surface area (Å²) in [6.45, 7) is 0.979. The molecule has 2 heterocycles. The Labute approximate surface area is 95.5 Å². The molecule has 84 valence electrons. The summed E-state index contributed by atoms with van der Waals surface area (Å²) in [4.78, 5) is 2.11. The van der Waals surface area contributed by atoms with Gasteiger partial charge in [-0.2, -0.15) is 0 Å².